The Labute approximate surface area is 242 Å². The minimum atomic E-state index is -0.122. The first kappa shape index (κ1) is 24.0. The fraction of sp³-hybridized carbons (Fsp3) is 0.0833. The van der Waals surface area contributed by atoms with Crippen molar-refractivity contribution < 1.29 is 4.42 Å². The van der Waals surface area contributed by atoms with Crippen molar-refractivity contribution in [3.8, 4) is 45.3 Å². The second-order valence-corrected chi connectivity index (χ2v) is 11.5. The van der Waals surface area contributed by atoms with Crippen LogP contribution in [-0.2, 0) is 5.41 Å². The molecule has 41 heavy (non-hydrogen) atoms. The molecule has 1 aliphatic carbocycles. The summed E-state index contributed by atoms with van der Waals surface area (Å²) < 4.78 is 6.17. The Kier molecular flexibility index (Phi) is 5.19. The van der Waals surface area contributed by atoms with Crippen molar-refractivity contribution in [3.05, 3.63) is 125 Å². The fourth-order valence-electron chi connectivity index (χ4n) is 6.17. The monoisotopic (exact) mass is 549 g/mol. The molecule has 7 aromatic rings. The van der Waals surface area contributed by atoms with E-state index in [-0.39, 0.29) is 5.41 Å². The second-order valence-electron chi connectivity index (χ2n) is 11.0. The molecule has 0 saturated heterocycles. The first-order valence-corrected chi connectivity index (χ1v) is 14.0. The molecule has 0 aliphatic heterocycles. The quantitative estimate of drug-likeness (QED) is 0.220. The van der Waals surface area contributed by atoms with Gasteiger partial charge in [0.2, 0.25) is 0 Å². The molecular formula is C36H24ClN3O. The van der Waals surface area contributed by atoms with Gasteiger partial charge in [0.1, 0.15) is 11.2 Å². The Hall–Kier alpha value is -4.80. The predicted molar refractivity (Wildman–Crippen MR) is 166 cm³/mol. The summed E-state index contributed by atoms with van der Waals surface area (Å²) in [7, 11) is 0. The van der Waals surface area contributed by atoms with Gasteiger partial charge in [0.05, 0.1) is 0 Å². The topological polar surface area (TPSA) is 51.8 Å². The van der Waals surface area contributed by atoms with Crippen LogP contribution in [0.15, 0.2) is 114 Å². The summed E-state index contributed by atoms with van der Waals surface area (Å²) in [5, 5.41) is 2.56. The maximum Gasteiger partial charge on any atom is 0.164 e. The van der Waals surface area contributed by atoms with Gasteiger partial charge in [0.25, 0.3) is 0 Å². The third-order valence-corrected chi connectivity index (χ3v) is 8.44. The zero-order valence-corrected chi connectivity index (χ0v) is 23.3. The zero-order chi connectivity index (χ0) is 27.7. The number of halogens is 1. The Morgan fingerprint density at radius 2 is 1.27 bits per heavy atom. The standard InChI is InChI=1S/C36H24ClN3O/c1-36(2)28-13-7-6-11-24(28)25-17-15-22(19-29(25)36)34-38-33(21-9-4-3-5-10-21)39-35(40-34)27-12-8-14-30-32(27)26-18-16-23(37)20-31(26)41-30/h3-20H,1-2H3. The molecular weight excluding hydrogens is 526 g/mol. The predicted octanol–water partition coefficient (Wildman–Crippen LogP) is 9.73. The van der Waals surface area contributed by atoms with Gasteiger partial charge < -0.3 is 4.42 Å². The van der Waals surface area contributed by atoms with Crippen LogP contribution >= 0.6 is 11.6 Å². The maximum atomic E-state index is 6.28. The summed E-state index contributed by atoms with van der Waals surface area (Å²) in [5.74, 6) is 1.86. The molecule has 2 heterocycles. The van der Waals surface area contributed by atoms with Crippen molar-refractivity contribution in [2.24, 2.45) is 0 Å². The van der Waals surface area contributed by atoms with Gasteiger partial charge >= 0.3 is 0 Å². The molecule has 8 rings (SSSR count). The molecule has 0 fully saturated rings. The SMILES string of the molecule is CC1(C)c2ccccc2-c2ccc(-c3nc(-c4ccccc4)nc(-c4cccc5oc6cc(Cl)ccc6c45)n3)cc21. The van der Waals surface area contributed by atoms with Crippen LogP contribution < -0.4 is 0 Å². The molecule has 0 bridgehead atoms. The van der Waals surface area contributed by atoms with Crippen LogP contribution in [0.2, 0.25) is 5.02 Å². The number of benzene rings is 5. The van der Waals surface area contributed by atoms with E-state index in [1.807, 2.05) is 66.7 Å². The van der Waals surface area contributed by atoms with Gasteiger partial charge in [-0.25, -0.2) is 15.0 Å². The normalized spacial score (nSPS) is 13.4. The molecule has 5 aromatic carbocycles. The summed E-state index contributed by atoms with van der Waals surface area (Å²) in [4.78, 5) is 15.1. The fourth-order valence-corrected chi connectivity index (χ4v) is 6.33. The van der Waals surface area contributed by atoms with Crippen molar-refractivity contribution in [1.29, 1.82) is 0 Å². The summed E-state index contributed by atoms with van der Waals surface area (Å²) in [6.45, 7) is 4.57. The number of rotatable bonds is 3. The second kappa shape index (κ2) is 8.85. The number of furan rings is 1. The first-order valence-electron chi connectivity index (χ1n) is 13.6. The average molecular weight is 550 g/mol. The van der Waals surface area contributed by atoms with Crippen LogP contribution in [0.3, 0.4) is 0 Å². The number of hydrogen-bond donors (Lipinski definition) is 0. The van der Waals surface area contributed by atoms with Gasteiger partial charge in [-0.2, -0.15) is 0 Å². The number of hydrogen-bond acceptors (Lipinski definition) is 4. The molecule has 4 nitrogen and oxygen atoms in total. The van der Waals surface area contributed by atoms with Crippen LogP contribution in [0.1, 0.15) is 25.0 Å². The van der Waals surface area contributed by atoms with Crippen molar-refractivity contribution in [2.45, 2.75) is 19.3 Å². The number of aromatic nitrogens is 3. The lowest BCUT2D eigenvalue weighted by atomic mass is 9.82. The number of nitrogens with zero attached hydrogens (tertiary/aromatic N) is 3. The molecule has 5 heteroatoms. The van der Waals surface area contributed by atoms with Gasteiger partial charge in [0, 0.05) is 44.0 Å². The lowest BCUT2D eigenvalue weighted by Crippen LogP contribution is -2.15. The van der Waals surface area contributed by atoms with Crippen LogP contribution in [0, 0.1) is 0 Å². The lowest BCUT2D eigenvalue weighted by molar-refractivity contribution is 0.660. The molecule has 0 unspecified atom stereocenters. The van der Waals surface area contributed by atoms with E-state index in [1.54, 1.807) is 0 Å². The molecule has 1 aliphatic rings. The molecule has 0 saturated carbocycles. The Morgan fingerprint density at radius 3 is 2.12 bits per heavy atom. The smallest absolute Gasteiger partial charge is 0.164 e. The van der Waals surface area contributed by atoms with Crippen LogP contribution in [0.4, 0.5) is 0 Å². The average Bonchev–Trinajstić information content (AvgIpc) is 3.49. The van der Waals surface area contributed by atoms with Crippen LogP contribution in [0.25, 0.3) is 67.2 Å². The zero-order valence-electron chi connectivity index (χ0n) is 22.5. The molecule has 196 valence electrons. The van der Waals surface area contributed by atoms with Crippen molar-refractivity contribution in [1.82, 2.24) is 15.0 Å². The van der Waals surface area contributed by atoms with E-state index in [0.29, 0.717) is 22.5 Å². The maximum absolute atomic E-state index is 6.28. The Bertz CT molecular complexity index is 2150. The highest BCUT2D eigenvalue weighted by atomic mass is 35.5. The van der Waals surface area contributed by atoms with E-state index >= 15 is 0 Å². The van der Waals surface area contributed by atoms with Crippen LogP contribution in [0.5, 0.6) is 0 Å². The van der Waals surface area contributed by atoms with Gasteiger partial charge in [-0.15, -0.1) is 0 Å². The molecule has 0 amide bonds. The van der Waals surface area contributed by atoms with E-state index in [4.69, 9.17) is 31.0 Å². The van der Waals surface area contributed by atoms with Crippen LogP contribution in [-0.4, -0.2) is 15.0 Å². The summed E-state index contributed by atoms with van der Waals surface area (Å²) in [6, 6.07) is 37.0. The van der Waals surface area contributed by atoms with Crippen molar-refractivity contribution >= 4 is 33.5 Å². The molecule has 0 spiro atoms. The van der Waals surface area contributed by atoms with E-state index in [0.717, 1.165) is 38.6 Å². The highest BCUT2D eigenvalue weighted by Gasteiger charge is 2.35. The molecule has 2 aromatic heterocycles. The molecule has 0 N–H and O–H groups in total. The largest absolute Gasteiger partial charge is 0.456 e. The third-order valence-electron chi connectivity index (χ3n) is 8.21. The minimum absolute atomic E-state index is 0.122. The van der Waals surface area contributed by atoms with Gasteiger partial charge in [-0.1, -0.05) is 104 Å². The summed E-state index contributed by atoms with van der Waals surface area (Å²) in [6.07, 6.45) is 0. The molecule has 0 atom stereocenters. The van der Waals surface area contributed by atoms with Gasteiger partial charge in [-0.3, -0.25) is 0 Å². The van der Waals surface area contributed by atoms with E-state index in [1.165, 1.54) is 22.3 Å². The molecule has 0 radical (unpaired) electrons. The highest BCUT2D eigenvalue weighted by molar-refractivity contribution is 6.31. The highest BCUT2D eigenvalue weighted by Crippen LogP contribution is 2.49. The lowest BCUT2D eigenvalue weighted by Gasteiger charge is -2.21. The van der Waals surface area contributed by atoms with Crippen molar-refractivity contribution in [2.75, 3.05) is 0 Å². The van der Waals surface area contributed by atoms with E-state index in [2.05, 4.69) is 56.3 Å². The summed E-state index contributed by atoms with van der Waals surface area (Å²) >= 11 is 6.28. The number of fused-ring (bicyclic) bond motifs is 6. The first-order chi connectivity index (χ1) is 20.0. The third kappa shape index (κ3) is 3.71. The minimum Gasteiger partial charge on any atom is -0.456 e. The Morgan fingerprint density at radius 1 is 0.561 bits per heavy atom. The van der Waals surface area contributed by atoms with Gasteiger partial charge in [0.15, 0.2) is 17.5 Å². The van der Waals surface area contributed by atoms with E-state index in [9.17, 15) is 0 Å². The van der Waals surface area contributed by atoms with E-state index < -0.39 is 0 Å². The van der Waals surface area contributed by atoms with Gasteiger partial charge in [-0.05, 0) is 46.5 Å². The van der Waals surface area contributed by atoms with Crippen molar-refractivity contribution in [3.63, 3.8) is 0 Å². The summed E-state index contributed by atoms with van der Waals surface area (Å²) in [5.41, 5.74) is 9.33. The Balaban J connectivity index is 1.37.